The fraction of sp³-hybridized carbons (Fsp3) is 0.381. The third-order valence-corrected chi connectivity index (χ3v) is 6.47. The van der Waals surface area contributed by atoms with E-state index in [1.807, 2.05) is 20.8 Å². The van der Waals surface area contributed by atoms with Crippen LogP contribution in [0.2, 0.25) is 0 Å². The van der Waals surface area contributed by atoms with Gasteiger partial charge in [-0.1, -0.05) is 31.5 Å². The quantitative estimate of drug-likeness (QED) is 0.599. The van der Waals surface area contributed by atoms with Gasteiger partial charge in [-0.2, -0.15) is 0 Å². The molecule has 0 aliphatic heterocycles. The maximum Gasteiger partial charge on any atom is 0.261 e. The van der Waals surface area contributed by atoms with Gasteiger partial charge in [0, 0.05) is 30.8 Å². The molecule has 0 fully saturated rings. The number of hydrogen-bond donors (Lipinski definition) is 3. The zero-order valence-electron chi connectivity index (χ0n) is 17.2. The minimum Gasteiger partial charge on any atom is -0.351 e. The average Bonchev–Trinajstić information content (AvgIpc) is 2.64. The van der Waals surface area contributed by atoms with Gasteiger partial charge in [0.2, 0.25) is 10.0 Å². The van der Waals surface area contributed by atoms with E-state index in [0.717, 1.165) is 5.56 Å². The number of ketones is 1. The van der Waals surface area contributed by atoms with Crippen LogP contribution >= 0.6 is 0 Å². The highest BCUT2D eigenvalue weighted by atomic mass is 32.2. The highest BCUT2D eigenvalue weighted by Gasteiger charge is 2.32. The van der Waals surface area contributed by atoms with Gasteiger partial charge in [-0.15, -0.1) is 0 Å². The second-order valence-electron chi connectivity index (χ2n) is 8.31. The number of amides is 1. The number of aryl methyl sites for hydroxylation is 1. The number of fused-ring (bicyclic) bond motifs is 1. The van der Waals surface area contributed by atoms with Gasteiger partial charge in [0.25, 0.3) is 11.5 Å². The predicted octanol–water partition coefficient (Wildman–Crippen LogP) is 1.55. The molecule has 0 unspecified atom stereocenters. The summed E-state index contributed by atoms with van der Waals surface area (Å²) in [6, 6.07) is 7.72. The molecule has 2 aromatic rings. The van der Waals surface area contributed by atoms with Crippen LogP contribution in [0.25, 0.3) is 0 Å². The fourth-order valence-electron chi connectivity index (χ4n) is 3.45. The third kappa shape index (κ3) is 4.85. The van der Waals surface area contributed by atoms with Crippen LogP contribution in [0.4, 0.5) is 0 Å². The summed E-state index contributed by atoms with van der Waals surface area (Å²) in [7, 11) is -3.69. The molecule has 1 amide bonds. The van der Waals surface area contributed by atoms with Gasteiger partial charge >= 0.3 is 0 Å². The van der Waals surface area contributed by atoms with Crippen molar-refractivity contribution in [2.45, 2.75) is 38.5 Å². The predicted molar refractivity (Wildman–Crippen MR) is 112 cm³/mol. The molecule has 1 aromatic carbocycles. The van der Waals surface area contributed by atoms with Crippen molar-refractivity contribution in [3.8, 4) is 0 Å². The number of pyridine rings is 1. The Morgan fingerprint density at radius 3 is 2.43 bits per heavy atom. The first-order valence-corrected chi connectivity index (χ1v) is 11.1. The fourth-order valence-corrected chi connectivity index (χ4v) is 4.49. The molecule has 9 heteroatoms. The number of H-pyrrole nitrogens is 1. The number of carbonyl (C=O) groups excluding carboxylic acids is 2. The van der Waals surface area contributed by atoms with Crippen LogP contribution in [0.5, 0.6) is 0 Å². The number of carbonyl (C=O) groups is 2. The SMILES string of the molecule is Cc1ccc(S(=O)(=O)NCCNC(=O)c2cc3c([nH]c2=O)CC(C)(C)CC3=O)cc1. The molecule has 30 heavy (non-hydrogen) atoms. The largest absolute Gasteiger partial charge is 0.351 e. The first kappa shape index (κ1) is 21.9. The van der Waals surface area contributed by atoms with E-state index in [1.165, 1.54) is 18.2 Å². The van der Waals surface area contributed by atoms with E-state index in [9.17, 15) is 22.8 Å². The highest BCUT2D eigenvalue weighted by molar-refractivity contribution is 7.89. The number of aromatic amines is 1. The Bertz CT molecular complexity index is 1150. The summed E-state index contributed by atoms with van der Waals surface area (Å²) >= 11 is 0. The number of nitrogens with one attached hydrogen (secondary N) is 3. The summed E-state index contributed by atoms with van der Waals surface area (Å²) in [5.41, 5.74) is 0.868. The minimum atomic E-state index is -3.69. The van der Waals surface area contributed by atoms with E-state index >= 15 is 0 Å². The molecule has 0 bridgehead atoms. The van der Waals surface area contributed by atoms with Crippen LogP contribution in [0.3, 0.4) is 0 Å². The summed E-state index contributed by atoms with van der Waals surface area (Å²) in [6.45, 7) is 5.70. The lowest BCUT2D eigenvalue weighted by Crippen LogP contribution is -2.38. The summed E-state index contributed by atoms with van der Waals surface area (Å²) in [5.74, 6) is -0.774. The van der Waals surface area contributed by atoms with E-state index in [2.05, 4.69) is 15.0 Å². The Balaban J connectivity index is 1.63. The first-order chi connectivity index (χ1) is 14.0. The first-order valence-electron chi connectivity index (χ1n) is 9.62. The number of benzene rings is 1. The Morgan fingerprint density at radius 2 is 1.77 bits per heavy atom. The van der Waals surface area contributed by atoms with E-state index < -0.39 is 21.5 Å². The van der Waals surface area contributed by atoms with Crippen molar-refractivity contribution in [1.82, 2.24) is 15.0 Å². The van der Waals surface area contributed by atoms with Gasteiger partial charge in [0.1, 0.15) is 5.56 Å². The Kier molecular flexibility index (Phi) is 5.96. The summed E-state index contributed by atoms with van der Waals surface area (Å²) in [6.07, 6.45) is 0.889. The molecule has 8 nitrogen and oxygen atoms in total. The van der Waals surface area contributed by atoms with Crippen molar-refractivity contribution >= 4 is 21.7 Å². The molecule has 3 rings (SSSR count). The number of rotatable bonds is 6. The second-order valence-corrected chi connectivity index (χ2v) is 10.1. The van der Waals surface area contributed by atoms with Crippen LogP contribution in [-0.2, 0) is 16.4 Å². The molecule has 1 heterocycles. The zero-order valence-corrected chi connectivity index (χ0v) is 18.0. The van der Waals surface area contributed by atoms with Crippen molar-refractivity contribution in [1.29, 1.82) is 0 Å². The van der Waals surface area contributed by atoms with Gasteiger partial charge in [-0.05, 0) is 37.0 Å². The monoisotopic (exact) mass is 431 g/mol. The Hall–Kier alpha value is -2.78. The molecule has 1 aromatic heterocycles. The van der Waals surface area contributed by atoms with Crippen LogP contribution in [0, 0.1) is 12.3 Å². The van der Waals surface area contributed by atoms with Crippen molar-refractivity contribution in [3.63, 3.8) is 0 Å². The van der Waals surface area contributed by atoms with Gasteiger partial charge in [-0.3, -0.25) is 14.4 Å². The van der Waals surface area contributed by atoms with Gasteiger partial charge in [-0.25, -0.2) is 13.1 Å². The van der Waals surface area contributed by atoms with Gasteiger partial charge in [0.05, 0.1) is 4.90 Å². The Morgan fingerprint density at radius 1 is 1.10 bits per heavy atom. The smallest absolute Gasteiger partial charge is 0.261 e. The molecule has 0 atom stereocenters. The summed E-state index contributed by atoms with van der Waals surface area (Å²) in [5, 5.41) is 2.51. The van der Waals surface area contributed by atoms with E-state index in [4.69, 9.17) is 0 Å². The maximum atomic E-state index is 12.4. The lowest BCUT2D eigenvalue weighted by atomic mass is 9.75. The normalized spacial score (nSPS) is 15.5. The zero-order chi connectivity index (χ0) is 22.1. The Labute approximate surface area is 175 Å². The van der Waals surface area contributed by atoms with E-state index in [-0.39, 0.29) is 34.7 Å². The highest BCUT2D eigenvalue weighted by Crippen LogP contribution is 2.33. The number of sulfonamides is 1. The van der Waals surface area contributed by atoms with Crippen LogP contribution < -0.4 is 15.6 Å². The molecule has 3 N–H and O–H groups in total. The lowest BCUT2D eigenvalue weighted by Gasteiger charge is -2.29. The minimum absolute atomic E-state index is 0.0125. The lowest BCUT2D eigenvalue weighted by molar-refractivity contribution is 0.0910. The number of aromatic nitrogens is 1. The average molecular weight is 432 g/mol. The number of hydrogen-bond acceptors (Lipinski definition) is 5. The third-order valence-electron chi connectivity index (χ3n) is 5.00. The van der Waals surface area contributed by atoms with Crippen LogP contribution in [-0.4, -0.2) is 38.2 Å². The topological polar surface area (TPSA) is 125 Å². The van der Waals surface area contributed by atoms with Crippen molar-refractivity contribution in [2.75, 3.05) is 13.1 Å². The molecule has 1 aliphatic rings. The summed E-state index contributed by atoms with van der Waals surface area (Å²) in [4.78, 5) is 39.9. The molecule has 160 valence electrons. The van der Waals surface area contributed by atoms with E-state index in [0.29, 0.717) is 24.1 Å². The maximum absolute atomic E-state index is 12.4. The molecule has 0 spiro atoms. The van der Waals surface area contributed by atoms with Crippen molar-refractivity contribution in [2.24, 2.45) is 5.41 Å². The molecule has 0 radical (unpaired) electrons. The molecule has 1 aliphatic carbocycles. The standard InChI is InChI=1S/C21H25N3O5S/c1-13-4-6-14(7-5-13)30(28,29)23-9-8-22-19(26)16-10-15-17(24-20(16)27)11-21(2,3)12-18(15)25/h4-7,10,23H,8-9,11-12H2,1-3H3,(H,22,26)(H,24,27). The van der Waals surface area contributed by atoms with E-state index in [1.54, 1.807) is 12.1 Å². The second kappa shape index (κ2) is 8.16. The van der Waals surface area contributed by atoms with Crippen LogP contribution in [0.1, 0.15) is 52.2 Å². The molecule has 0 saturated carbocycles. The molecular weight excluding hydrogens is 406 g/mol. The van der Waals surface area contributed by atoms with Crippen molar-refractivity contribution < 1.29 is 18.0 Å². The van der Waals surface area contributed by atoms with Crippen molar-refractivity contribution in [3.05, 3.63) is 63.1 Å². The van der Waals surface area contributed by atoms with Crippen LogP contribution in [0.15, 0.2) is 40.0 Å². The molecular formula is C21H25N3O5S. The van der Waals surface area contributed by atoms with Gasteiger partial charge in [0.15, 0.2) is 5.78 Å². The molecule has 0 saturated heterocycles. The number of Topliss-reactive ketones (excluding diaryl/α,β-unsaturated/α-hetero) is 1. The summed E-state index contributed by atoms with van der Waals surface area (Å²) < 4.78 is 26.9. The van der Waals surface area contributed by atoms with Gasteiger partial charge < -0.3 is 10.3 Å².